The first-order valence-corrected chi connectivity index (χ1v) is 5.59. The fourth-order valence-corrected chi connectivity index (χ4v) is 1.96. The first-order valence-electron chi connectivity index (χ1n) is 5.59. The summed E-state index contributed by atoms with van der Waals surface area (Å²) >= 11 is 0. The molecule has 5 heteroatoms. The molecular weight excluding hydrogens is 216 g/mol. The number of likely N-dealkylation sites (tertiary alicyclic amines) is 1. The van der Waals surface area contributed by atoms with E-state index in [1.54, 1.807) is 6.20 Å². The Kier molecular flexibility index (Phi) is 3.68. The second-order valence-corrected chi connectivity index (χ2v) is 4.10. The van der Waals surface area contributed by atoms with Crippen LogP contribution >= 0.6 is 0 Å². The van der Waals surface area contributed by atoms with Crippen molar-refractivity contribution < 1.29 is 5.21 Å². The molecule has 0 radical (unpaired) electrons. The molecule has 0 unspecified atom stereocenters. The molecule has 1 aliphatic heterocycles. The summed E-state index contributed by atoms with van der Waals surface area (Å²) in [6.07, 6.45) is 3.29. The number of aromatic nitrogens is 1. The van der Waals surface area contributed by atoms with Crippen molar-refractivity contribution in [2.45, 2.75) is 19.4 Å². The molecule has 1 saturated heterocycles. The topological polar surface area (TPSA) is 72.5 Å². The lowest BCUT2D eigenvalue weighted by Gasteiger charge is -2.26. The molecule has 2 heterocycles. The van der Waals surface area contributed by atoms with Crippen LogP contribution in [0.4, 0.5) is 0 Å². The standard InChI is InChI=1S/C12H14N4O/c13-8-12-7-10(1-4-14-12)9-16-5-2-11(15-17)3-6-16/h1,4,7,17H,2-3,5-6,9H2. The first-order chi connectivity index (χ1) is 8.31. The number of pyridine rings is 1. The van der Waals surface area contributed by atoms with E-state index in [-0.39, 0.29) is 0 Å². The van der Waals surface area contributed by atoms with E-state index >= 15 is 0 Å². The van der Waals surface area contributed by atoms with Gasteiger partial charge in [-0.1, -0.05) is 5.16 Å². The van der Waals surface area contributed by atoms with E-state index in [2.05, 4.69) is 15.0 Å². The van der Waals surface area contributed by atoms with Gasteiger partial charge in [-0.25, -0.2) is 4.98 Å². The lowest BCUT2D eigenvalue weighted by atomic mass is 10.1. The fourth-order valence-electron chi connectivity index (χ4n) is 1.96. The van der Waals surface area contributed by atoms with Gasteiger partial charge in [-0.15, -0.1) is 0 Å². The fraction of sp³-hybridized carbons (Fsp3) is 0.417. The number of piperidine rings is 1. The van der Waals surface area contributed by atoms with E-state index in [1.165, 1.54) is 0 Å². The average molecular weight is 230 g/mol. The number of rotatable bonds is 2. The van der Waals surface area contributed by atoms with Crippen LogP contribution in [0.15, 0.2) is 23.5 Å². The van der Waals surface area contributed by atoms with Crippen LogP contribution in [0, 0.1) is 11.3 Å². The predicted octanol–water partition coefficient (Wildman–Crippen LogP) is 1.38. The van der Waals surface area contributed by atoms with Crippen LogP contribution in [0.2, 0.25) is 0 Å². The molecule has 2 rings (SSSR count). The third-order valence-corrected chi connectivity index (χ3v) is 2.92. The summed E-state index contributed by atoms with van der Waals surface area (Å²) in [5.74, 6) is 0. The van der Waals surface area contributed by atoms with Gasteiger partial charge in [0.15, 0.2) is 0 Å². The molecule has 0 amide bonds. The normalized spacial score (nSPS) is 16.5. The molecule has 0 aromatic carbocycles. The summed E-state index contributed by atoms with van der Waals surface area (Å²) in [7, 11) is 0. The Hall–Kier alpha value is -1.93. The average Bonchev–Trinajstić information content (AvgIpc) is 2.40. The van der Waals surface area contributed by atoms with Crippen LogP contribution in [0.25, 0.3) is 0 Å². The summed E-state index contributed by atoms with van der Waals surface area (Å²) in [6, 6.07) is 5.78. The number of oxime groups is 1. The zero-order valence-electron chi connectivity index (χ0n) is 9.50. The minimum atomic E-state index is 0.456. The van der Waals surface area contributed by atoms with Gasteiger partial charge in [0.05, 0.1) is 5.71 Å². The predicted molar refractivity (Wildman–Crippen MR) is 62.7 cm³/mol. The second-order valence-electron chi connectivity index (χ2n) is 4.10. The van der Waals surface area contributed by atoms with Crippen molar-refractivity contribution in [3.63, 3.8) is 0 Å². The highest BCUT2D eigenvalue weighted by molar-refractivity contribution is 5.84. The Morgan fingerprint density at radius 1 is 1.47 bits per heavy atom. The Labute approximate surface area is 100.0 Å². The molecule has 0 atom stereocenters. The van der Waals surface area contributed by atoms with Crippen molar-refractivity contribution in [2.24, 2.45) is 5.16 Å². The third kappa shape index (κ3) is 3.02. The summed E-state index contributed by atoms with van der Waals surface area (Å²) in [5.41, 5.74) is 2.42. The molecule has 0 bridgehead atoms. The molecule has 1 aromatic rings. The van der Waals surface area contributed by atoms with E-state index in [4.69, 9.17) is 10.5 Å². The molecule has 17 heavy (non-hydrogen) atoms. The first kappa shape index (κ1) is 11.6. The van der Waals surface area contributed by atoms with Crippen LogP contribution in [-0.2, 0) is 6.54 Å². The quantitative estimate of drug-likeness (QED) is 0.615. The van der Waals surface area contributed by atoms with Crippen molar-refractivity contribution in [2.75, 3.05) is 13.1 Å². The Morgan fingerprint density at radius 2 is 2.24 bits per heavy atom. The number of hydrogen-bond donors (Lipinski definition) is 1. The van der Waals surface area contributed by atoms with Crippen molar-refractivity contribution in [1.29, 1.82) is 5.26 Å². The smallest absolute Gasteiger partial charge is 0.140 e. The zero-order chi connectivity index (χ0) is 12.1. The maximum Gasteiger partial charge on any atom is 0.140 e. The molecule has 0 saturated carbocycles. The third-order valence-electron chi connectivity index (χ3n) is 2.92. The van der Waals surface area contributed by atoms with Gasteiger partial charge in [0.1, 0.15) is 11.8 Å². The molecule has 88 valence electrons. The molecule has 1 aromatic heterocycles. The Morgan fingerprint density at radius 3 is 2.88 bits per heavy atom. The van der Waals surface area contributed by atoms with Gasteiger partial charge >= 0.3 is 0 Å². The van der Waals surface area contributed by atoms with Gasteiger partial charge in [-0.2, -0.15) is 5.26 Å². The van der Waals surface area contributed by atoms with Crippen LogP contribution in [-0.4, -0.2) is 33.9 Å². The van der Waals surface area contributed by atoms with E-state index in [0.717, 1.165) is 43.8 Å². The SMILES string of the molecule is N#Cc1cc(CN2CCC(=NO)CC2)ccn1. The van der Waals surface area contributed by atoms with Crippen molar-refractivity contribution in [3.05, 3.63) is 29.6 Å². The summed E-state index contributed by atoms with van der Waals surface area (Å²) < 4.78 is 0. The van der Waals surface area contributed by atoms with Crippen molar-refractivity contribution >= 4 is 5.71 Å². The molecule has 0 spiro atoms. The summed E-state index contributed by atoms with van der Waals surface area (Å²) in [6.45, 7) is 2.60. The van der Waals surface area contributed by atoms with Gasteiger partial charge < -0.3 is 5.21 Å². The zero-order valence-corrected chi connectivity index (χ0v) is 9.50. The second kappa shape index (κ2) is 5.41. The molecule has 1 fully saturated rings. The van der Waals surface area contributed by atoms with E-state index < -0.39 is 0 Å². The maximum atomic E-state index is 8.76. The number of hydrogen-bond acceptors (Lipinski definition) is 5. The van der Waals surface area contributed by atoms with Crippen molar-refractivity contribution in [3.8, 4) is 6.07 Å². The Bertz CT molecular complexity index is 454. The van der Waals surface area contributed by atoms with Gasteiger partial charge in [-0.05, 0) is 17.7 Å². The lowest BCUT2D eigenvalue weighted by molar-refractivity contribution is 0.256. The minimum Gasteiger partial charge on any atom is -0.411 e. The Balaban J connectivity index is 1.95. The largest absolute Gasteiger partial charge is 0.411 e. The van der Waals surface area contributed by atoms with Gasteiger partial charge in [0.25, 0.3) is 0 Å². The number of nitrogens with zero attached hydrogens (tertiary/aromatic N) is 4. The van der Waals surface area contributed by atoms with Crippen LogP contribution in [0.5, 0.6) is 0 Å². The van der Waals surface area contributed by atoms with E-state index in [1.807, 2.05) is 18.2 Å². The van der Waals surface area contributed by atoms with E-state index in [0.29, 0.717) is 5.69 Å². The molecule has 1 N–H and O–H groups in total. The molecule has 1 aliphatic rings. The van der Waals surface area contributed by atoms with Gasteiger partial charge in [-0.3, -0.25) is 4.90 Å². The van der Waals surface area contributed by atoms with Gasteiger partial charge in [0, 0.05) is 38.7 Å². The highest BCUT2D eigenvalue weighted by Crippen LogP contribution is 2.12. The van der Waals surface area contributed by atoms with Crippen LogP contribution in [0.3, 0.4) is 0 Å². The van der Waals surface area contributed by atoms with Crippen molar-refractivity contribution in [1.82, 2.24) is 9.88 Å². The monoisotopic (exact) mass is 230 g/mol. The minimum absolute atomic E-state index is 0.456. The molecular formula is C12H14N4O. The highest BCUT2D eigenvalue weighted by Gasteiger charge is 2.15. The highest BCUT2D eigenvalue weighted by atomic mass is 16.4. The molecule has 0 aliphatic carbocycles. The van der Waals surface area contributed by atoms with Crippen LogP contribution < -0.4 is 0 Å². The maximum absolute atomic E-state index is 8.76. The summed E-state index contributed by atoms with van der Waals surface area (Å²) in [4.78, 5) is 6.23. The number of nitriles is 1. The van der Waals surface area contributed by atoms with E-state index in [9.17, 15) is 0 Å². The van der Waals surface area contributed by atoms with Crippen LogP contribution in [0.1, 0.15) is 24.1 Å². The molecule has 5 nitrogen and oxygen atoms in total. The summed E-state index contributed by atoms with van der Waals surface area (Å²) in [5, 5.41) is 20.7. The lowest BCUT2D eigenvalue weighted by Crippen LogP contribution is -2.33. The van der Waals surface area contributed by atoms with Gasteiger partial charge in [0.2, 0.25) is 0 Å².